The maximum Gasteiger partial charge on any atom is 0.457 e. The van der Waals surface area contributed by atoms with Gasteiger partial charge in [0.25, 0.3) is 0 Å². The van der Waals surface area contributed by atoms with E-state index >= 15 is 0 Å². The molecular weight excluding hydrogens is 332 g/mol. The molecule has 0 bridgehead atoms. The van der Waals surface area contributed by atoms with E-state index in [-0.39, 0.29) is 5.97 Å². The molecule has 0 saturated heterocycles. The van der Waals surface area contributed by atoms with Crippen LogP contribution in [0.1, 0.15) is 13.3 Å². The van der Waals surface area contributed by atoms with Crippen molar-refractivity contribution in [2.75, 3.05) is 6.61 Å². The molecule has 132 valence electrons. The highest BCUT2D eigenvalue weighted by Crippen LogP contribution is 2.24. The first kappa shape index (κ1) is 18.8. The summed E-state index contributed by atoms with van der Waals surface area (Å²) in [6, 6.07) is 20.0. The van der Waals surface area contributed by atoms with Crippen LogP contribution in [0.4, 0.5) is 0 Å². The van der Waals surface area contributed by atoms with Gasteiger partial charge in [-0.05, 0) is 37.6 Å². The molecule has 0 spiro atoms. The second-order valence-electron chi connectivity index (χ2n) is 5.74. The molecule has 0 aliphatic rings. The molecule has 0 radical (unpaired) electrons. The third kappa shape index (κ3) is 6.85. The van der Waals surface area contributed by atoms with Gasteiger partial charge < -0.3 is 13.6 Å². The van der Waals surface area contributed by atoms with E-state index in [1.807, 2.05) is 67.2 Å². The Morgan fingerprint density at radius 2 is 1.48 bits per heavy atom. The lowest BCUT2D eigenvalue weighted by atomic mass is 10.3. The van der Waals surface area contributed by atoms with Gasteiger partial charge in [0.1, 0.15) is 11.5 Å². The minimum absolute atomic E-state index is 0.321. The van der Waals surface area contributed by atoms with Crippen LogP contribution in [0.25, 0.3) is 0 Å². The molecule has 2 aromatic rings. The largest absolute Gasteiger partial charge is 0.512 e. The summed E-state index contributed by atoms with van der Waals surface area (Å²) in [5, 5.41) is 0. The fourth-order valence-electron chi connectivity index (χ4n) is 2.35. The van der Waals surface area contributed by atoms with Gasteiger partial charge in [-0.25, -0.2) is 4.79 Å². The van der Waals surface area contributed by atoms with E-state index in [1.165, 1.54) is 6.08 Å². The summed E-state index contributed by atoms with van der Waals surface area (Å²) in [5.41, 5.74) is 0. The van der Waals surface area contributed by atoms with Crippen LogP contribution in [-0.4, -0.2) is 21.1 Å². The average molecular weight is 356 g/mol. The van der Waals surface area contributed by atoms with E-state index in [0.717, 1.165) is 11.5 Å². The van der Waals surface area contributed by atoms with Crippen LogP contribution < -0.4 is 8.85 Å². The quantitative estimate of drug-likeness (QED) is 0.282. The molecule has 0 saturated carbocycles. The fourth-order valence-corrected chi connectivity index (χ4v) is 4.65. The zero-order valence-corrected chi connectivity index (χ0v) is 15.7. The Hall–Kier alpha value is -2.53. The number of hydrogen-bond donors (Lipinski definition) is 0. The van der Waals surface area contributed by atoms with E-state index in [4.69, 9.17) is 13.6 Å². The summed E-state index contributed by atoms with van der Waals surface area (Å²) >= 11 is 0. The van der Waals surface area contributed by atoms with Crippen molar-refractivity contribution in [3.63, 3.8) is 0 Å². The van der Waals surface area contributed by atoms with Gasteiger partial charge in [0, 0.05) is 18.7 Å². The molecule has 2 aromatic carbocycles. The molecule has 0 amide bonds. The molecular formula is C20H24O4Si. The Morgan fingerprint density at radius 1 is 0.960 bits per heavy atom. The van der Waals surface area contributed by atoms with Crippen molar-refractivity contribution in [1.82, 2.24) is 0 Å². The molecule has 2 rings (SSSR count). The highest BCUT2D eigenvalue weighted by Gasteiger charge is 2.35. The standard InChI is InChI=1S/C20H24O4Si/c1-3-11-20(21)22-16-10-17-25(2,23-18-12-6-4-7-13-18)24-19-14-8-5-9-15-19/h3-9,11-15H,10,16-17H2,1-2H3. The van der Waals surface area contributed by atoms with Crippen molar-refractivity contribution in [2.45, 2.75) is 25.9 Å². The number of rotatable bonds is 9. The van der Waals surface area contributed by atoms with E-state index in [0.29, 0.717) is 19.1 Å². The number of carbonyl (C=O) groups is 1. The Kier molecular flexibility index (Phi) is 7.29. The second-order valence-corrected chi connectivity index (χ2v) is 8.91. The summed E-state index contributed by atoms with van der Waals surface area (Å²) in [6.07, 6.45) is 3.77. The second kappa shape index (κ2) is 9.69. The van der Waals surface area contributed by atoms with Crippen molar-refractivity contribution in [2.24, 2.45) is 0 Å². The molecule has 0 aliphatic heterocycles. The Bertz CT molecular complexity index is 629. The Balaban J connectivity index is 1.99. The van der Waals surface area contributed by atoms with Crippen LogP contribution in [-0.2, 0) is 9.53 Å². The molecule has 0 aromatic heterocycles. The number of carbonyl (C=O) groups excluding carboxylic acids is 1. The van der Waals surface area contributed by atoms with Crippen LogP contribution in [0.15, 0.2) is 72.8 Å². The van der Waals surface area contributed by atoms with Gasteiger partial charge >= 0.3 is 14.5 Å². The summed E-state index contributed by atoms with van der Waals surface area (Å²) in [5.74, 6) is 1.26. The lowest BCUT2D eigenvalue weighted by Gasteiger charge is -2.28. The lowest BCUT2D eigenvalue weighted by Crippen LogP contribution is -2.45. The maximum absolute atomic E-state index is 11.4. The minimum Gasteiger partial charge on any atom is -0.512 e. The van der Waals surface area contributed by atoms with Gasteiger partial charge in [-0.2, -0.15) is 0 Å². The maximum atomic E-state index is 11.4. The predicted molar refractivity (Wildman–Crippen MR) is 101 cm³/mol. The van der Waals surface area contributed by atoms with Gasteiger partial charge in [-0.3, -0.25) is 0 Å². The van der Waals surface area contributed by atoms with Crippen LogP contribution in [0.2, 0.25) is 12.6 Å². The fraction of sp³-hybridized carbons (Fsp3) is 0.250. The first-order valence-corrected chi connectivity index (χ1v) is 10.9. The van der Waals surface area contributed by atoms with Crippen LogP contribution in [0.5, 0.6) is 11.5 Å². The monoisotopic (exact) mass is 356 g/mol. The molecule has 0 unspecified atom stereocenters. The van der Waals surface area contributed by atoms with Gasteiger partial charge in [0.2, 0.25) is 0 Å². The van der Waals surface area contributed by atoms with E-state index in [9.17, 15) is 4.79 Å². The molecule has 0 atom stereocenters. The number of esters is 1. The zero-order chi connectivity index (χ0) is 18.0. The predicted octanol–water partition coefficient (Wildman–Crippen LogP) is 4.73. The summed E-state index contributed by atoms with van der Waals surface area (Å²) in [7, 11) is -2.53. The molecule has 0 fully saturated rings. The topological polar surface area (TPSA) is 44.8 Å². The average Bonchev–Trinajstić information content (AvgIpc) is 2.61. The minimum atomic E-state index is -2.53. The number of benzene rings is 2. The van der Waals surface area contributed by atoms with Crippen molar-refractivity contribution >= 4 is 14.5 Å². The highest BCUT2D eigenvalue weighted by atomic mass is 28.4. The van der Waals surface area contributed by atoms with Crippen LogP contribution in [0.3, 0.4) is 0 Å². The van der Waals surface area contributed by atoms with Gasteiger partial charge in [-0.1, -0.05) is 42.5 Å². The normalized spacial score (nSPS) is 11.3. The van der Waals surface area contributed by atoms with Gasteiger partial charge in [-0.15, -0.1) is 0 Å². The molecule has 25 heavy (non-hydrogen) atoms. The Morgan fingerprint density at radius 3 is 1.96 bits per heavy atom. The zero-order valence-electron chi connectivity index (χ0n) is 14.7. The first-order chi connectivity index (χ1) is 12.1. The van der Waals surface area contributed by atoms with Crippen molar-refractivity contribution in [3.8, 4) is 11.5 Å². The summed E-state index contributed by atoms with van der Waals surface area (Å²) < 4.78 is 17.6. The molecule has 4 nitrogen and oxygen atoms in total. The van der Waals surface area contributed by atoms with Gasteiger partial charge in [0.05, 0.1) is 6.61 Å². The molecule has 0 N–H and O–H groups in total. The van der Waals surface area contributed by atoms with Crippen molar-refractivity contribution in [1.29, 1.82) is 0 Å². The van der Waals surface area contributed by atoms with E-state index in [2.05, 4.69) is 0 Å². The number of para-hydroxylation sites is 2. The Labute approximate surface area is 150 Å². The van der Waals surface area contributed by atoms with E-state index < -0.39 is 8.56 Å². The smallest absolute Gasteiger partial charge is 0.457 e. The van der Waals surface area contributed by atoms with Crippen molar-refractivity contribution < 1.29 is 18.4 Å². The van der Waals surface area contributed by atoms with Crippen molar-refractivity contribution in [3.05, 3.63) is 72.8 Å². The summed E-state index contributed by atoms with van der Waals surface area (Å²) in [4.78, 5) is 11.4. The van der Waals surface area contributed by atoms with Gasteiger partial charge in [0.15, 0.2) is 0 Å². The third-order valence-electron chi connectivity index (χ3n) is 3.48. The third-order valence-corrected chi connectivity index (χ3v) is 6.07. The number of ether oxygens (including phenoxy) is 1. The first-order valence-electron chi connectivity index (χ1n) is 8.39. The number of allylic oxidation sites excluding steroid dienone is 1. The lowest BCUT2D eigenvalue weighted by molar-refractivity contribution is -0.137. The highest BCUT2D eigenvalue weighted by molar-refractivity contribution is 6.67. The molecule has 5 heteroatoms. The SMILES string of the molecule is CC=CC(=O)OCCC[Si](C)(Oc1ccccc1)Oc1ccccc1. The van der Waals surface area contributed by atoms with Crippen LogP contribution in [0, 0.1) is 0 Å². The molecule has 0 aliphatic carbocycles. The number of hydrogen-bond acceptors (Lipinski definition) is 4. The summed E-state index contributed by atoms with van der Waals surface area (Å²) in [6.45, 7) is 4.16. The molecule has 0 heterocycles. The van der Waals surface area contributed by atoms with E-state index in [1.54, 1.807) is 13.0 Å². The van der Waals surface area contributed by atoms with Crippen LogP contribution >= 0.6 is 0 Å².